The third-order valence-electron chi connectivity index (χ3n) is 4.68. The van der Waals surface area contributed by atoms with Crippen LogP contribution in [0.3, 0.4) is 0 Å². The number of alkyl halides is 3. The van der Waals surface area contributed by atoms with Crippen molar-refractivity contribution in [3.63, 3.8) is 0 Å². The minimum absolute atomic E-state index is 0.0678. The van der Waals surface area contributed by atoms with Gasteiger partial charge >= 0.3 is 18.0 Å². The van der Waals surface area contributed by atoms with Crippen LogP contribution < -0.4 is 15.2 Å². The maximum atomic E-state index is 12.7. The zero-order valence-corrected chi connectivity index (χ0v) is 18.2. The van der Waals surface area contributed by atoms with Gasteiger partial charge in [0.15, 0.2) is 5.60 Å². The minimum atomic E-state index is -4.82. The second kappa shape index (κ2) is 8.60. The van der Waals surface area contributed by atoms with Gasteiger partial charge in [-0.15, -0.1) is 13.2 Å². The maximum Gasteiger partial charge on any atom is 0.573 e. The van der Waals surface area contributed by atoms with E-state index in [1.807, 2.05) is 0 Å². The van der Waals surface area contributed by atoms with Crippen molar-refractivity contribution in [2.24, 2.45) is 0 Å². The van der Waals surface area contributed by atoms with Gasteiger partial charge in [0.1, 0.15) is 11.5 Å². The Balaban J connectivity index is 1.82. The normalized spacial score (nSPS) is 12.0. The molecule has 0 fully saturated rings. The number of benzene rings is 2. The molecular formula is C21H21F3N4O5. The summed E-state index contributed by atoms with van der Waals surface area (Å²) in [6.45, 7) is 6.48. The van der Waals surface area contributed by atoms with Gasteiger partial charge in [-0.3, -0.25) is 0 Å². The van der Waals surface area contributed by atoms with E-state index in [9.17, 15) is 27.9 Å². The standard InChI is InChI=1S/C21H21F3N4O5/c1-12-9-14(10-13(2)17(12)33-20(3,4)18(29)30)11-27-19(31)28(26-25-27)15-5-7-16(8-6-15)32-21(22,23)24/h5-10H,11H2,1-4H3,(H,29,30). The Hall–Kier alpha value is -3.83. The van der Waals surface area contributed by atoms with Gasteiger partial charge in [0.05, 0.1) is 12.2 Å². The number of tetrazole rings is 1. The molecule has 1 aromatic heterocycles. The average molecular weight is 466 g/mol. The van der Waals surface area contributed by atoms with Gasteiger partial charge in [-0.05, 0) is 79.1 Å². The van der Waals surface area contributed by atoms with E-state index in [4.69, 9.17) is 4.74 Å². The minimum Gasteiger partial charge on any atom is -0.478 e. The zero-order chi connectivity index (χ0) is 24.6. The van der Waals surface area contributed by atoms with Gasteiger partial charge in [0, 0.05) is 0 Å². The van der Waals surface area contributed by atoms with Crippen molar-refractivity contribution in [1.29, 1.82) is 0 Å². The van der Waals surface area contributed by atoms with E-state index in [2.05, 4.69) is 15.2 Å². The van der Waals surface area contributed by atoms with E-state index in [0.717, 1.165) is 21.5 Å². The van der Waals surface area contributed by atoms with E-state index < -0.39 is 29.4 Å². The Labute approximate surface area is 185 Å². The fourth-order valence-corrected chi connectivity index (χ4v) is 3.09. The van der Waals surface area contributed by atoms with Crippen LogP contribution in [-0.4, -0.2) is 42.8 Å². The number of rotatable bonds is 7. The predicted molar refractivity (Wildman–Crippen MR) is 110 cm³/mol. The summed E-state index contributed by atoms with van der Waals surface area (Å²) in [6, 6.07) is 8.14. The number of hydrogen-bond donors (Lipinski definition) is 1. The summed E-state index contributed by atoms with van der Waals surface area (Å²) < 4.78 is 48.4. The molecular weight excluding hydrogens is 445 g/mol. The lowest BCUT2D eigenvalue weighted by Gasteiger charge is -2.24. The summed E-state index contributed by atoms with van der Waals surface area (Å²) >= 11 is 0. The Morgan fingerprint density at radius 3 is 2.12 bits per heavy atom. The number of ether oxygens (including phenoxy) is 2. The highest BCUT2D eigenvalue weighted by atomic mass is 19.4. The third-order valence-corrected chi connectivity index (χ3v) is 4.68. The average Bonchev–Trinajstić information content (AvgIpc) is 3.04. The fraction of sp³-hybridized carbons (Fsp3) is 0.333. The second-order valence-electron chi connectivity index (χ2n) is 7.85. The number of halogens is 3. The number of carboxylic acid groups (broad SMARTS) is 1. The third kappa shape index (κ3) is 5.51. The molecule has 33 heavy (non-hydrogen) atoms. The molecule has 3 aromatic rings. The molecule has 0 saturated heterocycles. The molecule has 1 heterocycles. The summed E-state index contributed by atoms with van der Waals surface area (Å²) in [5.74, 6) is -1.10. The van der Waals surface area contributed by atoms with Gasteiger partial charge in [-0.1, -0.05) is 12.1 Å². The molecule has 0 radical (unpaired) electrons. The molecule has 1 N–H and O–H groups in total. The van der Waals surface area contributed by atoms with Crippen LogP contribution in [0.1, 0.15) is 30.5 Å². The quantitative estimate of drug-likeness (QED) is 0.570. The molecule has 0 unspecified atom stereocenters. The number of aliphatic carboxylic acids is 1. The number of nitrogens with zero attached hydrogens (tertiary/aromatic N) is 4. The number of carbonyl (C=O) groups is 1. The van der Waals surface area contributed by atoms with Crippen molar-refractivity contribution in [3.8, 4) is 17.2 Å². The number of aromatic nitrogens is 4. The monoisotopic (exact) mass is 466 g/mol. The summed E-state index contributed by atoms with van der Waals surface area (Å²) in [5.41, 5.74) is 0.265. The van der Waals surface area contributed by atoms with Crippen molar-refractivity contribution < 1.29 is 32.5 Å². The molecule has 0 amide bonds. The summed E-state index contributed by atoms with van der Waals surface area (Å²) in [5, 5.41) is 16.9. The molecule has 3 rings (SSSR count). The molecule has 0 aliphatic carbocycles. The topological polar surface area (TPSA) is 108 Å². The summed E-state index contributed by atoms with van der Waals surface area (Å²) in [7, 11) is 0. The Morgan fingerprint density at radius 1 is 1.03 bits per heavy atom. The summed E-state index contributed by atoms with van der Waals surface area (Å²) in [6.07, 6.45) is -4.82. The molecule has 9 nitrogen and oxygen atoms in total. The van der Waals surface area contributed by atoms with Gasteiger partial charge in [-0.25, -0.2) is 9.59 Å². The van der Waals surface area contributed by atoms with Crippen LogP contribution in [0.15, 0.2) is 41.2 Å². The maximum absolute atomic E-state index is 12.7. The van der Waals surface area contributed by atoms with Crippen LogP contribution >= 0.6 is 0 Å². The van der Waals surface area contributed by atoms with Gasteiger partial charge in [0.2, 0.25) is 0 Å². The van der Waals surface area contributed by atoms with Crippen LogP contribution in [-0.2, 0) is 11.3 Å². The predicted octanol–water partition coefficient (Wildman–Crippen LogP) is 3.23. The van der Waals surface area contributed by atoms with Crippen molar-refractivity contribution in [2.75, 3.05) is 0 Å². The summed E-state index contributed by atoms with van der Waals surface area (Å²) in [4.78, 5) is 24.0. The van der Waals surface area contributed by atoms with Crippen molar-refractivity contribution in [3.05, 3.63) is 63.6 Å². The van der Waals surface area contributed by atoms with E-state index in [0.29, 0.717) is 22.4 Å². The van der Waals surface area contributed by atoms with E-state index in [-0.39, 0.29) is 12.2 Å². The molecule has 176 valence electrons. The van der Waals surface area contributed by atoms with Crippen molar-refractivity contribution in [1.82, 2.24) is 19.8 Å². The smallest absolute Gasteiger partial charge is 0.478 e. The number of hydrogen-bond acceptors (Lipinski definition) is 6. The molecule has 0 aliphatic heterocycles. The fourth-order valence-electron chi connectivity index (χ4n) is 3.09. The lowest BCUT2D eigenvalue weighted by molar-refractivity contribution is -0.274. The zero-order valence-electron chi connectivity index (χ0n) is 18.2. The highest BCUT2D eigenvalue weighted by Gasteiger charge is 2.31. The molecule has 0 bridgehead atoms. The van der Waals surface area contributed by atoms with Crippen LogP contribution in [0, 0.1) is 13.8 Å². The highest BCUT2D eigenvalue weighted by Crippen LogP contribution is 2.29. The molecule has 2 aromatic carbocycles. The number of aryl methyl sites for hydroxylation is 2. The lowest BCUT2D eigenvalue weighted by Crippen LogP contribution is -2.38. The van der Waals surface area contributed by atoms with Gasteiger partial charge < -0.3 is 14.6 Å². The molecule has 0 atom stereocenters. The van der Waals surface area contributed by atoms with Crippen LogP contribution in [0.4, 0.5) is 13.2 Å². The van der Waals surface area contributed by atoms with Gasteiger partial charge in [0.25, 0.3) is 0 Å². The first-order chi connectivity index (χ1) is 15.3. The van der Waals surface area contributed by atoms with Crippen LogP contribution in [0.2, 0.25) is 0 Å². The largest absolute Gasteiger partial charge is 0.573 e. The van der Waals surface area contributed by atoms with Crippen LogP contribution in [0.5, 0.6) is 11.5 Å². The Bertz CT molecular complexity index is 1210. The second-order valence-corrected chi connectivity index (χ2v) is 7.85. The SMILES string of the molecule is Cc1cc(Cn2nnn(-c3ccc(OC(F)(F)F)cc3)c2=O)cc(C)c1OC(C)(C)C(=O)O. The van der Waals surface area contributed by atoms with E-state index >= 15 is 0 Å². The molecule has 12 heteroatoms. The van der Waals surface area contributed by atoms with E-state index in [1.54, 1.807) is 26.0 Å². The lowest BCUT2D eigenvalue weighted by atomic mass is 10.0. The van der Waals surface area contributed by atoms with Crippen LogP contribution in [0.25, 0.3) is 5.69 Å². The first kappa shape index (κ1) is 23.8. The molecule has 0 spiro atoms. The van der Waals surface area contributed by atoms with Gasteiger partial charge in [-0.2, -0.15) is 9.36 Å². The van der Waals surface area contributed by atoms with E-state index in [1.165, 1.54) is 26.0 Å². The highest BCUT2D eigenvalue weighted by molar-refractivity contribution is 5.77. The first-order valence-corrected chi connectivity index (χ1v) is 9.68. The Morgan fingerprint density at radius 2 is 1.61 bits per heavy atom. The number of carboxylic acids is 1. The Kier molecular flexibility index (Phi) is 6.21. The molecule has 0 saturated carbocycles. The molecule has 0 aliphatic rings. The van der Waals surface area contributed by atoms with Crippen molar-refractivity contribution >= 4 is 5.97 Å². The van der Waals surface area contributed by atoms with Crippen molar-refractivity contribution in [2.45, 2.75) is 46.2 Å². The first-order valence-electron chi connectivity index (χ1n) is 9.68.